The van der Waals surface area contributed by atoms with E-state index >= 15 is 0 Å². The van der Waals surface area contributed by atoms with Gasteiger partial charge in [-0.2, -0.15) is 9.97 Å². The molecule has 0 bridgehead atoms. The molecule has 4 rings (SSSR count). The summed E-state index contributed by atoms with van der Waals surface area (Å²) in [6, 6.07) is 8.01. The number of benzene rings is 1. The topological polar surface area (TPSA) is 115 Å². The zero-order valence-corrected chi connectivity index (χ0v) is 14.6. The molecule has 0 aliphatic carbocycles. The fourth-order valence-corrected chi connectivity index (χ4v) is 3.02. The largest absolute Gasteiger partial charge is 0.368 e. The first-order valence-electron chi connectivity index (χ1n) is 8.68. The number of aromatic nitrogens is 4. The lowest BCUT2D eigenvalue weighted by atomic mass is 10.1. The fourth-order valence-electron chi connectivity index (χ4n) is 3.02. The molecule has 1 aromatic carbocycles. The Hall–Kier alpha value is -3.00. The van der Waals surface area contributed by atoms with Gasteiger partial charge in [0.05, 0.1) is 12.2 Å². The SMILES string of the molecule is Cc1ccc(-c2noc(CNc3nc(N)nc4c3CCNCC4)n2)cc1. The monoisotopic (exact) mass is 351 g/mol. The Kier molecular flexibility index (Phi) is 4.49. The average molecular weight is 351 g/mol. The van der Waals surface area contributed by atoms with Crippen LogP contribution in [0.15, 0.2) is 28.8 Å². The zero-order valence-electron chi connectivity index (χ0n) is 14.6. The molecule has 0 saturated carbocycles. The van der Waals surface area contributed by atoms with E-state index in [9.17, 15) is 0 Å². The molecule has 4 N–H and O–H groups in total. The van der Waals surface area contributed by atoms with E-state index in [4.69, 9.17) is 10.3 Å². The Balaban J connectivity index is 1.51. The van der Waals surface area contributed by atoms with Gasteiger partial charge in [0.1, 0.15) is 5.82 Å². The zero-order chi connectivity index (χ0) is 17.9. The summed E-state index contributed by atoms with van der Waals surface area (Å²) >= 11 is 0. The minimum atomic E-state index is 0.277. The van der Waals surface area contributed by atoms with Gasteiger partial charge in [0.2, 0.25) is 17.7 Å². The first kappa shape index (κ1) is 16.5. The van der Waals surface area contributed by atoms with E-state index in [0.717, 1.165) is 48.6 Å². The van der Waals surface area contributed by atoms with Crippen molar-refractivity contribution in [1.82, 2.24) is 25.4 Å². The van der Waals surface area contributed by atoms with Crippen molar-refractivity contribution in [1.29, 1.82) is 0 Å². The molecule has 1 aliphatic heterocycles. The quantitative estimate of drug-likeness (QED) is 0.651. The van der Waals surface area contributed by atoms with Crippen LogP contribution in [0, 0.1) is 6.92 Å². The van der Waals surface area contributed by atoms with Gasteiger partial charge in [0, 0.05) is 24.1 Å². The first-order valence-corrected chi connectivity index (χ1v) is 8.68. The highest BCUT2D eigenvalue weighted by Crippen LogP contribution is 2.22. The third-order valence-electron chi connectivity index (χ3n) is 4.39. The molecule has 2 aromatic heterocycles. The molecular weight excluding hydrogens is 330 g/mol. The van der Waals surface area contributed by atoms with E-state index in [0.29, 0.717) is 18.3 Å². The number of fused-ring (bicyclic) bond motifs is 1. The first-order chi connectivity index (χ1) is 12.7. The molecule has 3 aromatic rings. The Labute approximate surface area is 151 Å². The van der Waals surface area contributed by atoms with Crippen LogP contribution in [0.4, 0.5) is 11.8 Å². The van der Waals surface area contributed by atoms with Crippen LogP contribution in [-0.2, 0) is 19.4 Å². The van der Waals surface area contributed by atoms with Crippen LogP contribution in [0.1, 0.15) is 22.7 Å². The second-order valence-corrected chi connectivity index (χ2v) is 6.34. The van der Waals surface area contributed by atoms with Gasteiger partial charge in [-0.25, -0.2) is 4.98 Å². The van der Waals surface area contributed by atoms with Gasteiger partial charge < -0.3 is 20.9 Å². The minimum Gasteiger partial charge on any atom is -0.368 e. The van der Waals surface area contributed by atoms with Gasteiger partial charge in [0.25, 0.3) is 0 Å². The van der Waals surface area contributed by atoms with Gasteiger partial charge in [-0.05, 0) is 19.9 Å². The van der Waals surface area contributed by atoms with Crippen LogP contribution in [0.5, 0.6) is 0 Å². The maximum absolute atomic E-state index is 5.86. The van der Waals surface area contributed by atoms with Crippen molar-refractivity contribution in [2.24, 2.45) is 0 Å². The number of hydrogen-bond acceptors (Lipinski definition) is 8. The van der Waals surface area contributed by atoms with Gasteiger partial charge in [-0.1, -0.05) is 35.0 Å². The Morgan fingerprint density at radius 2 is 1.92 bits per heavy atom. The molecule has 8 nitrogen and oxygen atoms in total. The Morgan fingerprint density at radius 1 is 1.12 bits per heavy atom. The second kappa shape index (κ2) is 7.09. The molecule has 0 spiro atoms. The third-order valence-corrected chi connectivity index (χ3v) is 4.39. The van der Waals surface area contributed by atoms with E-state index in [1.54, 1.807) is 0 Å². The maximum Gasteiger partial charge on any atom is 0.246 e. The van der Waals surface area contributed by atoms with Crippen molar-refractivity contribution < 1.29 is 4.52 Å². The highest BCUT2D eigenvalue weighted by molar-refractivity contribution is 5.55. The van der Waals surface area contributed by atoms with E-state index in [2.05, 4.69) is 30.7 Å². The number of aryl methyl sites for hydroxylation is 1. The van der Waals surface area contributed by atoms with Gasteiger partial charge in [-0.15, -0.1) is 0 Å². The molecule has 8 heteroatoms. The predicted molar refractivity (Wildman–Crippen MR) is 98.5 cm³/mol. The normalized spacial score (nSPS) is 13.9. The van der Waals surface area contributed by atoms with Gasteiger partial charge >= 0.3 is 0 Å². The molecule has 3 heterocycles. The van der Waals surface area contributed by atoms with Crippen LogP contribution in [0.3, 0.4) is 0 Å². The number of nitrogen functional groups attached to an aromatic ring is 1. The molecule has 0 amide bonds. The molecule has 0 radical (unpaired) electrons. The maximum atomic E-state index is 5.86. The van der Waals surface area contributed by atoms with E-state index in [1.165, 1.54) is 5.56 Å². The predicted octanol–water partition coefficient (Wildman–Crippen LogP) is 1.72. The highest BCUT2D eigenvalue weighted by Gasteiger charge is 2.16. The summed E-state index contributed by atoms with van der Waals surface area (Å²) in [5.41, 5.74) is 10.1. The minimum absolute atomic E-state index is 0.277. The van der Waals surface area contributed by atoms with Gasteiger partial charge in [-0.3, -0.25) is 0 Å². The fraction of sp³-hybridized carbons (Fsp3) is 0.333. The van der Waals surface area contributed by atoms with Crippen molar-refractivity contribution >= 4 is 11.8 Å². The van der Waals surface area contributed by atoms with Crippen LogP contribution < -0.4 is 16.4 Å². The summed E-state index contributed by atoms with van der Waals surface area (Å²) in [4.78, 5) is 13.2. The number of nitrogens with one attached hydrogen (secondary N) is 2. The van der Waals surface area contributed by atoms with E-state index in [-0.39, 0.29) is 5.95 Å². The molecule has 0 saturated heterocycles. The summed E-state index contributed by atoms with van der Waals surface area (Å²) in [6.07, 6.45) is 1.70. The Morgan fingerprint density at radius 3 is 2.77 bits per heavy atom. The lowest BCUT2D eigenvalue weighted by Crippen LogP contribution is -2.16. The van der Waals surface area contributed by atoms with Crippen LogP contribution in [-0.4, -0.2) is 33.2 Å². The van der Waals surface area contributed by atoms with Gasteiger partial charge in [0.15, 0.2) is 0 Å². The molecule has 0 atom stereocenters. The van der Waals surface area contributed by atoms with Crippen molar-refractivity contribution in [3.63, 3.8) is 0 Å². The molecule has 26 heavy (non-hydrogen) atoms. The number of hydrogen-bond donors (Lipinski definition) is 3. The second-order valence-electron chi connectivity index (χ2n) is 6.34. The van der Waals surface area contributed by atoms with Crippen LogP contribution in [0.25, 0.3) is 11.4 Å². The van der Waals surface area contributed by atoms with Crippen molar-refractivity contribution in [3.8, 4) is 11.4 Å². The Bertz CT molecular complexity index is 904. The summed E-state index contributed by atoms with van der Waals surface area (Å²) < 4.78 is 5.36. The standard InChI is InChI=1S/C18H21N7O/c1-11-2-4-12(5-3-11)16-23-15(26-25-16)10-21-17-13-6-8-20-9-7-14(13)22-18(19)24-17/h2-5,20H,6-10H2,1H3,(H3,19,21,22,24). The molecule has 0 fully saturated rings. The summed E-state index contributed by atoms with van der Waals surface area (Å²) in [6.45, 7) is 4.22. The highest BCUT2D eigenvalue weighted by atomic mass is 16.5. The number of anilines is 2. The van der Waals surface area contributed by atoms with Crippen LogP contribution in [0.2, 0.25) is 0 Å². The molecule has 0 unspecified atom stereocenters. The summed E-state index contributed by atoms with van der Waals surface area (Å²) in [5, 5.41) is 10.7. The molecule has 1 aliphatic rings. The van der Waals surface area contributed by atoms with E-state index < -0.39 is 0 Å². The lowest BCUT2D eigenvalue weighted by Gasteiger charge is -2.12. The number of nitrogens with two attached hydrogens (primary N) is 1. The van der Waals surface area contributed by atoms with Crippen molar-refractivity contribution in [2.75, 3.05) is 24.1 Å². The molecule has 134 valence electrons. The van der Waals surface area contributed by atoms with Crippen LogP contribution >= 0.6 is 0 Å². The molecular formula is C18H21N7O. The summed E-state index contributed by atoms with van der Waals surface area (Å²) in [5.74, 6) is 2.09. The third kappa shape index (κ3) is 3.50. The van der Waals surface area contributed by atoms with E-state index in [1.807, 2.05) is 31.2 Å². The number of rotatable bonds is 4. The number of nitrogens with zero attached hydrogens (tertiary/aromatic N) is 4. The summed E-state index contributed by atoms with van der Waals surface area (Å²) in [7, 11) is 0. The lowest BCUT2D eigenvalue weighted by molar-refractivity contribution is 0.384. The van der Waals surface area contributed by atoms with Crippen molar-refractivity contribution in [3.05, 3.63) is 47.0 Å². The average Bonchev–Trinajstić information content (AvgIpc) is 2.98. The smallest absolute Gasteiger partial charge is 0.246 e. The van der Waals surface area contributed by atoms with Crippen molar-refractivity contribution in [2.45, 2.75) is 26.3 Å².